The lowest BCUT2D eigenvalue weighted by Gasteiger charge is -2.37. The second kappa shape index (κ2) is 12.0. The van der Waals surface area contributed by atoms with E-state index in [0.29, 0.717) is 22.0 Å². The number of anilines is 2. The van der Waals surface area contributed by atoms with E-state index in [2.05, 4.69) is 71.6 Å². The first-order valence-electron chi connectivity index (χ1n) is 14.7. The highest BCUT2D eigenvalue weighted by molar-refractivity contribution is 7.80. The van der Waals surface area contributed by atoms with Crippen LogP contribution in [-0.4, -0.2) is 34.9 Å². The molecule has 2 aromatic heterocycles. The first-order valence-corrected chi connectivity index (χ1v) is 15.9. The molecule has 0 amide bonds. The van der Waals surface area contributed by atoms with E-state index in [9.17, 15) is 0 Å². The molecule has 6 nitrogen and oxygen atoms in total. The van der Waals surface area contributed by atoms with Crippen molar-refractivity contribution in [2.45, 2.75) is 46.2 Å². The lowest BCUT2D eigenvalue weighted by Crippen LogP contribution is -2.38. The molecule has 0 radical (unpaired) electrons. The molecular weight excluding hydrogens is 597 g/mol. The number of rotatable bonds is 6. The van der Waals surface area contributed by atoms with Gasteiger partial charge in [-0.3, -0.25) is 4.98 Å². The molecule has 0 bridgehead atoms. The van der Waals surface area contributed by atoms with Crippen molar-refractivity contribution in [1.29, 1.82) is 0 Å². The molecule has 2 saturated heterocycles. The van der Waals surface area contributed by atoms with Gasteiger partial charge in [0.2, 0.25) is 0 Å². The topological polar surface area (TPSA) is 45.6 Å². The lowest BCUT2D eigenvalue weighted by atomic mass is 9.91. The average molecular weight is 635 g/mol. The van der Waals surface area contributed by atoms with E-state index in [0.717, 1.165) is 63.6 Å². The van der Waals surface area contributed by atoms with Crippen molar-refractivity contribution in [3.63, 3.8) is 0 Å². The van der Waals surface area contributed by atoms with Gasteiger partial charge in [-0.05, 0) is 104 Å². The number of hydrogen-bond acceptors (Lipinski definition) is 4. The predicted octanol–water partition coefficient (Wildman–Crippen LogP) is 8.46. The zero-order valence-electron chi connectivity index (χ0n) is 25.1. The van der Waals surface area contributed by atoms with Crippen molar-refractivity contribution in [3.8, 4) is 11.4 Å². The van der Waals surface area contributed by atoms with Gasteiger partial charge in [-0.25, -0.2) is 0 Å². The van der Waals surface area contributed by atoms with Crippen molar-refractivity contribution in [2.75, 3.05) is 30.0 Å². The molecule has 2 fully saturated rings. The Morgan fingerprint density at radius 1 is 0.953 bits per heavy atom. The Morgan fingerprint density at radius 3 is 2.40 bits per heavy atom. The first-order chi connectivity index (χ1) is 20.7. The van der Waals surface area contributed by atoms with Crippen LogP contribution in [0.5, 0.6) is 5.75 Å². The second-order valence-electron chi connectivity index (χ2n) is 12.0. The average Bonchev–Trinajstić information content (AvgIpc) is 3.47. The van der Waals surface area contributed by atoms with Crippen LogP contribution in [0.25, 0.3) is 5.69 Å². The van der Waals surface area contributed by atoms with Gasteiger partial charge in [-0.2, -0.15) is 0 Å². The maximum Gasteiger partial charge on any atom is 0.174 e. The zero-order valence-corrected chi connectivity index (χ0v) is 27.5. The number of hydrogen-bond donors (Lipinski definition) is 1. The minimum absolute atomic E-state index is 0.175. The van der Waals surface area contributed by atoms with Crippen molar-refractivity contribution < 1.29 is 4.74 Å². The number of nitrogens with one attached hydrogen (secondary N) is 1. The molecule has 4 aromatic rings. The third kappa shape index (κ3) is 5.59. The van der Waals surface area contributed by atoms with Crippen LogP contribution >= 0.6 is 35.4 Å². The second-order valence-corrected chi connectivity index (χ2v) is 13.2. The number of ether oxygens (including phenoxy) is 1. The van der Waals surface area contributed by atoms with Crippen LogP contribution in [0.3, 0.4) is 0 Å². The standard InChI is InChI=1S/C34H37Cl2N5OS/c1-20-14-21(2)19-39(18-20)29-11-10-25(17-27(29)36)41-33(32(38-34(41)43)28-8-6-7-13-37-28)26-15-22(3)40(23(26)4)30-16-24(35)9-12-31(30)42-5/h6-13,15-17,20-21,32-33H,14,18-19H2,1-5H3,(H,38,43)/t20-,21-,32+,33-/m1/s1. The Labute approximate surface area is 269 Å². The molecule has 6 rings (SSSR count). The third-order valence-electron chi connectivity index (χ3n) is 8.69. The molecule has 4 atom stereocenters. The minimum atomic E-state index is -0.176. The van der Waals surface area contributed by atoms with Gasteiger partial charge in [0.05, 0.1) is 41.3 Å². The van der Waals surface area contributed by atoms with E-state index in [-0.39, 0.29) is 12.1 Å². The highest BCUT2D eigenvalue weighted by Gasteiger charge is 2.42. The largest absolute Gasteiger partial charge is 0.495 e. The zero-order chi connectivity index (χ0) is 30.4. The summed E-state index contributed by atoms with van der Waals surface area (Å²) in [5, 5.41) is 5.60. The van der Waals surface area contributed by atoms with Crippen molar-refractivity contribution in [1.82, 2.24) is 14.9 Å². The SMILES string of the molecule is COc1ccc(Cl)cc1-n1c(C)cc([C@@H]2[C@H](c3ccccn3)NC(=S)N2c2ccc(N3C[C@H](C)C[C@@H](C)C3)c(Cl)c2)c1C. The molecule has 9 heteroatoms. The van der Waals surface area contributed by atoms with Gasteiger partial charge in [0.1, 0.15) is 5.75 Å². The number of nitrogens with zero attached hydrogens (tertiary/aromatic N) is 4. The molecule has 0 aliphatic carbocycles. The van der Waals surface area contributed by atoms with Crippen LogP contribution in [0.15, 0.2) is 66.9 Å². The number of piperidine rings is 1. The molecule has 0 spiro atoms. The summed E-state index contributed by atoms with van der Waals surface area (Å²) in [6, 6.07) is 19.9. The van der Waals surface area contributed by atoms with E-state index in [1.807, 2.05) is 42.6 Å². The summed E-state index contributed by atoms with van der Waals surface area (Å²) in [5.74, 6) is 2.01. The fourth-order valence-electron chi connectivity index (χ4n) is 7.01. The number of pyridine rings is 1. The van der Waals surface area contributed by atoms with Crippen molar-refractivity contribution in [2.24, 2.45) is 11.8 Å². The predicted molar refractivity (Wildman–Crippen MR) is 181 cm³/mol. The number of methoxy groups -OCH3 is 1. The van der Waals surface area contributed by atoms with Gasteiger partial charge in [-0.15, -0.1) is 0 Å². The molecule has 2 aromatic carbocycles. The smallest absolute Gasteiger partial charge is 0.174 e. The Bertz CT molecular complexity index is 1650. The summed E-state index contributed by atoms with van der Waals surface area (Å²) in [6.07, 6.45) is 3.07. The maximum absolute atomic E-state index is 7.05. The van der Waals surface area contributed by atoms with E-state index in [4.69, 9.17) is 45.1 Å². The Balaban J connectivity index is 1.46. The van der Waals surface area contributed by atoms with Crippen LogP contribution in [0.1, 0.15) is 55.0 Å². The molecule has 2 aliphatic rings. The highest BCUT2D eigenvalue weighted by Crippen LogP contribution is 2.46. The number of aryl methyl sites for hydroxylation is 1. The van der Waals surface area contributed by atoms with Gasteiger partial charge in [0, 0.05) is 41.4 Å². The highest BCUT2D eigenvalue weighted by atomic mass is 35.5. The maximum atomic E-state index is 7.05. The molecular formula is C34H37Cl2N5OS. The summed E-state index contributed by atoms with van der Waals surface area (Å²) < 4.78 is 7.93. The van der Waals surface area contributed by atoms with E-state index in [1.54, 1.807) is 7.11 Å². The van der Waals surface area contributed by atoms with Gasteiger partial charge >= 0.3 is 0 Å². The number of aromatic nitrogens is 2. The Kier molecular flexibility index (Phi) is 8.33. The third-order valence-corrected chi connectivity index (χ3v) is 9.54. The minimum Gasteiger partial charge on any atom is -0.495 e. The number of halogens is 2. The Hall–Kier alpha value is -3.26. The van der Waals surface area contributed by atoms with Crippen LogP contribution in [-0.2, 0) is 0 Å². The normalized spacial score (nSPS) is 22.2. The first kappa shape index (κ1) is 29.8. The summed E-state index contributed by atoms with van der Waals surface area (Å²) in [4.78, 5) is 9.35. The van der Waals surface area contributed by atoms with E-state index >= 15 is 0 Å². The molecule has 224 valence electrons. The molecule has 0 saturated carbocycles. The van der Waals surface area contributed by atoms with E-state index in [1.165, 1.54) is 6.42 Å². The summed E-state index contributed by atoms with van der Waals surface area (Å²) in [7, 11) is 1.68. The van der Waals surface area contributed by atoms with Crippen LogP contribution in [0, 0.1) is 25.7 Å². The van der Waals surface area contributed by atoms with Crippen LogP contribution in [0.4, 0.5) is 11.4 Å². The summed E-state index contributed by atoms with van der Waals surface area (Å²) in [6.45, 7) is 10.9. The number of thiocarbonyl (C=S) groups is 1. The fourth-order valence-corrected chi connectivity index (χ4v) is 7.81. The van der Waals surface area contributed by atoms with E-state index < -0.39 is 0 Å². The van der Waals surface area contributed by atoms with Crippen molar-refractivity contribution in [3.05, 3.63) is 99.6 Å². The fraction of sp³-hybridized carbons (Fsp3) is 0.353. The van der Waals surface area contributed by atoms with Crippen LogP contribution < -0.4 is 19.9 Å². The molecule has 43 heavy (non-hydrogen) atoms. The monoisotopic (exact) mass is 633 g/mol. The quantitative estimate of drug-likeness (QED) is 0.215. The molecule has 2 aliphatic heterocycles. The molecule has 4 heterocycles. The van der Waals surface area contributed by atoms with Gasteiger partial charge in [0.25, 0.3) is 0 Å². The number of benzene rings is 2. The molecule has 1 N–H and O–H groups in total. The summed E-state index contributed by atoms with van der Waals surface area (Å²) in [5.41, 5.74) is 7.08. The van der Waals surface area contributed by atoms with Crippen molar-refractivity contribution >= 4 is 51.9 Å². The summed E-state index contributed by atoms with van der Waals surface area (Å²) >= 11 is 19.5. The van der Waals surface area contributed by atoms with Gasteiger partial charge < -0.3 is 24.4 Å². The Morgan fingerprint density at radius 2 is 1.72 bits per heavy atom. The molecule has 0 unspecified atom stereocenters. The van der Waals surface area contributed by atoms with Gasteiger partial charge in [0.15, 0.2) is 5.11 Å². The van der Waals surface area contributed by atoms with Gasteiger partial charge in [-0.1, -0.05) is 43.1 Å². The lowest BCUT2D eigenvalue weighted by molar-refractivity contribution is 0.357. The van der Waals surface area contributed by atoms with Crippen LogP contribution in [0.2, 0.25) is 10.0 Å².